The first kappa shape index (κ1) is 16.4. The van der Waals surface area contributed by atoms with Gasteiger partial charge >= 0.3 is 0 Å². The molecule has 0 radical (unpaired) electrons. The Morgan fingerprint density at radius 2 is 1.91 bits per heavy atom. The maximum Gasteiger partial charge on any atom is 0.237 e. The Morgan fingerprint density at radius 3 is 2.64 bits per heavy atom. The van der Waals surface area contributed by atoms with Gasteiger partial charge in [-0.15, -0.1) is 11.8 Å². The molecule has 0 fully saturated rings. The Hall–Kier alpha value is -2.01. The summed E-state index contributed by atoms with van der Waals surface area (Å²) in [6.45, 7) is 4.15. The summed E-state index contributed by atoms with van der Waals surface area (Å²) in [5.74, 6) is 0.115. The van der Waals surface area contributed by atoms with Gasteiger partial charge in [0.2, 0.25) is 5.91 Å². The number of amides is 1. The van der Waals surface area contributed by atoms with Crippen molar-refractivity contribution in [3.63, 3.8) is 0 Å². The van der Waals surface area contributed by atoms with Crippen molar-refractivity contribution in [2.45, 2.75) is 24.0 Å². The van der Waals surface area contributed by atoms with Crippen molar-refractivity contribution in [3.8, 4) is 5.75 Å². The number of ether oxygens (including phenoxy) is 1. The molecule has 0 aliphatic rings. The van der Waals surface area contributed by atoms with Crippen molar-refractivity contribution in [1.82, 2.24) is 0 Å². The fraction of sp³-hybridized carbons (Fsp3) is 0.235. The minimum Gasteiger partial charge on any atom is -0.492 e. The molecule has 3 nitrogen and oxygen atoms in total. The molecule has 0 aliphatic carbocycles. The Kier molecular flexibility index (Phi) is 5.83. The predicted molar refractivity (Wildman–Crippen MR) is 88.0 cm³/mol. The van der Waals surface area contributed by atoms with Gasteiger partial charge in [0.15, 0.2) is 0 Å². The highest BCUT2D eigenvalue weighted by Crippen LogP contribution is 2.28. The van der Waals surface area contributed by atoms with Crippen LogP contribution in [0.25, 0.3) is 0 Å². The number of anilines is 1. The van der Waals surface area contributed by atoms with E-state index in [9.17, 15) is 9.18 Å². The molecule has 0 spiro atoms. The molecular weight excluding hydrogens is 301 g/mol. The molecule has 0 saturated carbocycles. The first-order chi connectivity index (χ1) is 10.6. The zero-order valence-electron chi connectivity index (χ0n) is 12.5. The number of hydrogen-bond acceptors (Lipinski definition) is 3. The number of benzene rings is 2. The lowest BCUT2D eigenvalue weighted by molar-refractivity contribution is -0.115. The van der Waals surface area contributed by atoms with Gasteiger partial charge in [0.05, 0.1) is 17.5 Å². The van der Waals surface area contributed by atoms with Crippen molar-refractivity contribution >= 4 is 23.4 Å². The van der Waals surface area contributed by atoms with Crippen LogP contribution in [0.2, 0.25) is 0 Å². The van der Waals surface area contributed by atoms with Crippen LogP contribution in [0, 0.1) is 5.82 Å². The number of carbonyl (C=O) groups excluding carboxylic acids is 1. The minimum atomic E-state index is -0.424. The monoisotopic (exact) mass is 319 g/mol. The second-order valence-corrected chi connectivity index (χ2v) is 5.99. The van der Waals surface area contributed by atoms with E-state index in [1.807, 2.05) is 19.1 Å². The number of hydrogen-bond donors (Lipinski definition) is 1. The van der Waals surface area contributed by atoms with Gasteiger partial charge in [-0.3, -0.25) is 4.79 Å². The summed E-state index contributed by atoms with van der Waals surface area (Å²) in [5.41, 5.74) is 0.621. The number of carbonyl (C=O) groups is 1. The zero-order chi connectivity index (χ0) is 15.9. The van der Waals surface area contributed by atoms with Crippen LogP contribution in [0.3, 0.4) is 0 Å². The average molecular weight is 319 g/mol. The number of nitrogens with one attached hydrogen (secondary N) is 1. The summed E-state index contributed by atoms with van der Waals surface area (Å²) in [4.78, 5) is 12.7. The number of para-hydroxylation sites is 2. The van der Waals surface area contributed by atoms with E-state index < -0.39 is 5.25 Å². The molecule has 1 atom stereocenters. The molecule has 0 heterocycles. The zero-order valence-corrected chi connectivity index (χ0v) is 13.3. The highest BCUT2D eigenvalue weighted by Gasteiger charge is 2.17. The van der Waals surface area contributed by atoms with Crippen LogP contribution in [0.5, 0.6) is 5.75 Å². The lowest BCUT2D eigenvalue weighted by Crippen LogP contribution is -2.22. The maximum absolute atomic E-state index is 13.6. The quantitative estimate of drug-likeness (QED) is 0.805. The molecule has 116 valence electrons. The third-order valence-electron chi connectivity index (χ3n) is 2.95. The smallest absolute Gasteiger partial charge is 0.237 e. The normalized spacial score (nSPS) is 11.8. The highest BCUT2D eigenvalue weighted by molar-refractivity contribution is 8.00. The summed E-state index contributed by atoms with van der Waals surface area (Å²) < 4.78 is 19.1. The summed E-state index contributed by atoms with van der Waals surface area (Å²) in [6.07, 6.45) is 0. The molecule has 0 aromatic heterocycles. The van der Waals surface area contributed by atoms with E-state index in [2.05, 4.69) is 5.32 Å². The van der Waals surface area contributed by atoms with Gasteiger partial charge in [-0.2, -0.15) is 0 Å². The van der Waals surface area contributed by atoms with Crippen molar-refractivity contribution in [3.05, 3.63) is 54.3 Å². The number of halogens is 1. The summed E-state index contributed by atoms with van der Waals surface area (Å²) in [5, 5.41) is 2.40. The molecule has 5 heteroatoms. The average Bonchev–Trinajstić information content (AvgIpc) is 2.51. The highest BCUT2D eigenvalue weighted by atomic mass is 32.2. The largest absolute Gasteiger partial charge is 0.492 e. The Balaban J connectivity index is 2.04. The van der Waals surface area contributed by atoms with Crippen molar-refractivity contribution in [2.24, 2.45) is 0 Å². The van der Waals surface area contributed by atoms with Gasteiger partial charge in [0, 0.05) is 4.90 Å². The van der Waals surface area contributed by atoms with Crippen LogP contribution in [0.15, 0.2) is 53.4 Å². The first-order valence-corrected chi connectivity index (χ1v) is 7.93. The molecule has 2 rings (SSSR count). The summed E-state index contributed by atoms with van der Waals surface area (Å²) >= 11 is 1.19. The van der Waals surface area contributed by atoms with E-state index in [0.717, 1.165) is 0 Å². The van der Waals surface area contributed by atoms with Crippen molar-refractivity contribution < 1.29 is 13.9 Å². The lowest BCUT2D eigenvalue weighted by Gasteiger charge is -2.15. The Bertz CT molecular complexity index is 648. The second-order valence-electron chi connectivity index (χ2n) is 4.61. The molecule has 1 amide bonds. The third kappa shape index (κ3) is 4.24. The van der Waals surface area contributed by atoms with E-state index in [1.54, 1.807) is 37.3 Å². The standard InChI is InChI=1S/C17H18FNO2S/c1-3-21-15-10-6-5-9-14(15)19-17(20)12(2)22-16-11-7-4-8-13(16)18/h4-12H,3H2,1-2H3,(H,19,20). The van der Waals surface area contributed by atoms with Crippen LogP contribution >= 0.6 is 11.8 Å². The number of thioether (sulfide) groups is 1. The third-order valence-corrected chi connectivity index (χ3v) is 4.11. The van der Waals surface area contributed by atoms with E-state index in [0.29, 0.717) is 22.9 Å². The number of rotatable bonds is 6. The van der Waals surface area contributed by atoms with Crippen LogP contribution in [0.1, 0.15) is 13.8 Å². The van der Waals surface area contributed by atoms with Gasteiger partial charge in [-0.1, -0.05) is 24.3 Å². The molecule has 0 aliphatic heterocycles. The van der Waals surface area contributed by atoms with Gasteiger partial charge in [0.1, 0.15) is 11.6 Å². The van der Waals surface area contributed by atoms with Gasteiger partial charge in [-0.05, 0) is 38.1 Å². The Morgan fingerprint density at radius 1 is 1.23 bits per heavy atom. The van der Waals surface area contributed by atoms with Gasteiger partial charge in [0.25, 0.3) is 0 Å². The minimum absolute atomic E-state index is 0.194. The predicted octanol–water partition coefficient (Wildman–Crippen LogP) is 4.34. The summed E-state index contributed by atoms with van der Waals surface area (Å²) in [7, 11) is 0. The lowest BCUT2D eigenvalue weighted by atomic mass is 10.3. The van der Waals surface area contributed by atoms with E-state index in [-0.39, 0.29) is 11.7 Å². The molecule has 2 aromatic rings. The molecule has 0 bridgehead atoms. The van der Waals surface area contributed by atoms with Crippen molar-refractivity contribution in [1.29, 1.82) is 0 Å². The molecule has 1 unspecified atom stereocenters. The molecule has 2 aromatic carbocycles. The first-order valence-electron chi connectivity index (χ1n) is 7.05. The van der Waals surface area contributed by atoms with Gasteiger partial charge in [-0.25, -0.2) is 4.39 Å². The van der Waals surface area contributed by atoms with E-state index in [4.69, 9.17) is 4.74 Å². The van der Waals surface area contributed by atoms with Crippen molar-refractivity contribution in [2.75, 3.05) is 11.9 Å². The maximum atomic E-state index is 13.6. The SMILES string of the molecule is CCOc1ccccc1NC(=O)C(C)Sc1ccccc1F. The van der Waals surface area contributed by atoms with Crippen LogP contribution in [-0.4, -0.2) is 17.8 Å². The molecule has 22 heavy (non-hydrogen) atoms. The van der Waals surface area contributed by atoms with E-state index in [1.165, 1.54) is 17.8 Å². The molecule has 0 saturated heterocycles. The van der Waals surface area contributed by atoms with Crippen LogP contribution < -0.4 is 10.1 Å². The second kappa shape index (κ2) is 7.84. The fourth-order valence-corrected chi connectivity index (χ4v) is 2.75. The van der Waals surface area contributed by atoms with Gasteiger partial charge < -0.3 is 10.1 Å². The topological polar surface area (TPSA) is 38.3 Å². The van der Waals surface area contributed by atoms with Crippen LogP contribution in [0.4, 0.5) is 10.1 Å². The van der Waals surface area contributed by atoms with Crippen LogP contribution in [-0.2, 0) is 4.79 Å². The fourth-order valence-electron chi connectivity index (χ4n) is 1.87. The molecule has 1 N–H and O–H groups in total. The Labute approximate surface area is 133 Å². The molecular formula is C17H18FNO2S. The van der Waals surface area contributed by atoms with E-state index >= 15 is 0 Å². The summed E-state index contributed by atoms with van der Waals surface area (Å²) in [6, 6.07) is 13.7.